The van der Waals surface area contributed by atoms with Crippen molar-refractivity contribution < 1.29 is 14.3 Å². The number of rotatable bonds is 3. The van der Waals surface area contributed by atoms with Crippen molar-refractivity contribution in [2.75, 3.05) is 6.61 Å². The zero-order valence-corrected chi connectivity index (χ0v) is 12.5. The molecule has 1 atom stereocenters. The fourth-order valence-electron chi connectivity index (χ4n) is 2.42. The summed E-state index contributed by atoms with van der Waals surface area (Å²) in [5.74, 6) is 1.72. The van der Waals surface area contributed by atoms with Crippen LogP contribution in [-0.2, 0) is 4.74 Å². The highest BCUT2D eigenvalue weighted by Crippen LogP contribution is 2.31. The maximum absolute atomic E-state index is 10.6. The minimum atomic E-state index is -0.756. The van der Waals surface area contributed by atoms with Crippen LogP contribution >= 0.6 is 0 Å². The van der Waals surface area contributed by atoms with E-state index in [0.717, 1.165) is 11.3 Å². The average molecular weight is 285 g/mol. The van der Waals surface area contributed by atoms with E-state index >= 15 is 0 Å². The van der Waals surface area contributed by atoms with Crippen LogP contribution in [0.2, 0.25) is 0 Å². The van der Waals surface area contributed by atoms with Crippen LogP contribution in [0.25, 0.3) is 0 Å². The van der Waals surface area contributed by atoms with Gasteiger partial charge in [-0.15, -0.1) is 0 Å². The maximum Gasteiger partial charge on any atom is 0.254 e. The maximum atomic E-state index is 10.6. The third-order valence-electron chi connectivity index (χ3n) is 3.45. The van der Waals surface area contributed by atoms with Crippen LogP contribution in [0.5, 0.6) is 0 Å². The molecule has 0 saturated heterocycles. The minimum absolute atomic E-state index is 0.259. The van der Waals surface area contributed by atoms with E-state index in [1.54, 1.807) is 0 Å². The zero-order chi connectivity index (χ0) is 15.0. The van der Waals surface area contributed by atoms with Gasteiger partial charge in [0, 0.05) is 5.56 Å². The van der Waals surface area contributed by atoms with Gasteiger partial charge >= 0.3 is 0 Å². The molecule has 0 aliphatic carbocycles. The predicted molar refractivity (Wildman–Crippen MR) is 80.5 cm³/mol. The fourth-order valence-corrected chi connectivity index (χ4v) is 2.42. The Hall–Kier alpha value is -2.07. The highest BCUT2D eigenvalue weighted by atomic mass is 16.5. The van der Waals surface area contributed by atoms with Gasteiger partial charge < -0.3 is 14.3 Å². The summed E-state index contributed by atoms with van der Waals surface area (Å²) in [6.45, 7) is 6.38. The fraction of sp³-hybridized carbons (Fsp3) is 0.353. The molecule has 1 unspecified atom stereocenters. The van der Waals surface area contributed by atoms with Crippen molar-refractivity contribution in [3.63, 3.8) is 0 Å². The number of aliphatic imine (C=N–C) groups is 1. The van der Waals surface area contributed by atoms with Crippen LogP contribution < -0.4 is 0 Å². The molecule has 1 N–H and O–H groups in total. The number of aliphatic hydroxyl groups excluding tert-OH is 1. The number of ether oxygens (including phenoxy) is 1. The number of benzene rings is 1. The molecule has 0 radical (unpaired) electrons. The molecule has 1 aliphatic heterocycles. The SMILES string of the molecule is Cc1cc(C(O)c2ccccc2)c(C2=NC(C)(C)CO2)o1. The van der Waals surface area contributed by atoms with Crippen molar-refractivity contribution in [2.45, 2.75) is 32.4 Å². The summed E-state index contributed by atoms with van der Waals surface area (Å²) < 4.78 is 11.4. The van der Waals surface area contributed by atoms with Crippen LogP contribution in [-0.4, -0.2) is 23.2 Å². The number of hydrogen-bond donors (Lipinski definition) is 1. The van der Waals surface area contributed by atoms with Crippen LogP contribution in [0.3, 0.4) is 0 Å². The summed E-state index contributed by atoms with van der Waals surface area (Å²) in [7, 11) is 0. The van der Waals surface area contributed by atoms with Crippen molar-refractivity contribution in [1.82, 2.24) is 0 Å². The molecular formula is C17H19NO3. The van der Waals surface area contributed by atoms with Gasteiger partial charge in [-0.3, -0.25) is 0 Å². The van der Waals surface area contributed by atoms with Gasteiger partial charge in [0.05, 0.1) is 5.54 Å². The molecule has 110 valence electrons. The van der Waals surface area contributed by atoms with Gasteiger partial charge in [0.15, 0.2) is 5.76 Å². The van der Waals surface area contributed by atoms with Gasteiger partial charge in [-0.1, -0.05) is 30.3 Å². The Morgan fingerprint density at radius 1 is 1.24 bits per heavy atom. The van der Waals surface area contributed by atoms with Crippen LogP contribution in [0.15, 0.2) is 45.8 Å². The van der Waals surface area contributed by atoms with Crippen LogP contribution in [0.4, 0.5) is 0 Å². The third-order valence-corrected chi connectivity index (χ3v) is 3.45. The molecule has 0 bridgehead atoms. The van der Waals surface area contributed by atoms with Crippen LogP contribution in [0, 0.1) is 6.92 Å². The molecular weight excluding hydrogens is 266 g/mol. The quantitative estimate of drug-likeness (QED) is 0.942. The average Bonchev–Trinajstić information content (AvgIpc) is 3.01. The molecule has 4 nitrogen and oxygen atoms in total. The lowest BCUT2D eigenvalue weighted by Gasteiger charge is -2.10. The summed E-state index contributed by atoms with van der Waals surface area (Å²) in [6, 6.07) is 11.3. The largest absolute Gasteiger partial charge is 0.473 e. The standard InChI is InChI=1S/C17H19NO3/c1-11-9-13(14(19)12-7-5-4-6-8-12)15(21-11)16-18-17(2,3)10-20-16/h4-9,14,19H,10H2,1-3H3. The molecule has 21 heavy (non-hydrogen) atoms. The van der Waals surface area contributed by atoms with Gasteiger partial charge in [-0.05, 0) is 32.4 Å². The first-order valence-corrected chi connectivity index (χ1v) is 7.03. The zero-order valence-electron chi connectivity index (χ0n) is 12.5. The molecule has 1 aliphatic rings. The number of aryl methyl sites for hydroxylation is 1. The first kappa shape index (κ1) is 13.9. The smallest absolute Gasteiger partial charge is 0.254 e. The van der Waals surface area contributed by atoms with E-state index < -0.39 is 6.10 Å². The lowest BCUT2D eigenvalue weighted by Crippen LogP contribution is -2.17. The van der Waals surface area contributed by atoms with Crippen molar-refractivity contribution in [2.24, 2.45) is 4.99 Å². The predicted octanol–water partition coefficient (Wildman–Crippen LogP) is 3.23. The molecule has 1 aromatic carbocycles. The number of hydrogen-bond acceptors (Lipinski definition) is 4. The second-order valence-electron chi connectivity index (χ2n) is 5.97. The van der Waals surface area contributed by atoms with E-state index in [1.165, 1.54) is 0 Å². The van der Waals surface area contributed by atoms with Gasteiger partial charge in [0.25, 0.3) is 5.90 Å². The molecule has 4 heteroatoms. The number of nitrogens with zero attached hydrogens (tertiary/aromatic N) is 1. The van der Waals surface area contributed by atoms with E-state index in [4.69, 9.17) is 9.15 Å². The highest BCUT2D eigenvalue weighted by Gasteiger charge is 2.32. The summed E-state index contributed by atoms with van der Waals surface area (Å²) >= 11 is 0. The molecule has 3 rings (SSSR count). The molecule has 0 fully saturated rings. The number of aliphatic hydroxyl groups is 1. The van der Waals surface area contributed by atoms with Gasteiger partial charge in [-0.25, -0.2) is 4.99 Å². The lowest BCUT2D eigenvalue weighted by atomic mass is 10.0. The molecule has 2 heterocycles. The molecule has 1 aromatic heterocycles. The Balaban J connectivity index is 2.01. The van der Waals surface area contributed by atoms with Crippen molar-refractivity contribution in [3.05, 3.63) is 59.0 Å². The monoisotopic (exact) mass is 285 g/mol. The Bertz CT molecular complexity index is 671. The summed E-state index contributed by atoms with van der Waals surface area (Å²) in [5.41, 5.74) is 1.25. The highest BCUT2D eigenvalue weighted by molar-refractivity contribution is 5.94. The summed E-state index contributed by atoms with van der Waals surface area (Å²) in [4.78, 5) is 4.53. The van der Waals surface area contributed by atoms with Crippen LogP contribution in [0.1, 0.15) is 42.6 Å². The van der Waals surface area contributed by atoms with Crippen molar-refractivity contribution >= 4 is 5.90 Å². The Morgan fingerprint density at radius 2 is 1.95 bits per heavy atom. The van der Waals surface area contributed by atoms with E-state index in [9.17, 15) is 5.11 Å². The Kier molecular flexibility index (Phi) is 3.33. The first-order chi connectivity index (χ1) is 9.96. The molecule has 0 spiro atoms. The Morgan fingerprint density at radius 3 is 2.57 bits per heavy atom. The van der Waals surface area contributed by atoms with Crippen molar-refractivity contribution in [3.8, 4) is 0 Å². The minimum Gasteiger partial charge on any atom is -0.473 e. The van der Waals surface area contributed by atoms with E-state index in [1.807, 2.05) is 57.2 Å². The molecule has 2 aromatic rings. The summed E-state index contributed by atoms with van der Waals surface area (Å²) in [5, 5.41) is 10.6. The van der Waals surface area contributed by atoms with Gasteiger partial charge in [0.2, 0.25) is 0 Å². The molecule has 0 amide bonds. The van der Waals surface area contributed by atoms with E-state index in [0.29, 0.717) is 23.8 Å². The molecule has 0 saturated carbocycles. The van der Waals surface area contributed by atoms with E-state index in [-0.39, 0.29) is 5.54 Å². The van der Waals surface area contributed by atoms with Gasteiger partial charge in [0.1, 0.15) is 18.5 Å². The normalized spacial score (nSPS) is 18.2. The summed E-state index contributed by atoms with van der Waals surface area (Å²) in [6.07, 6.45) is -0.756. The lowest BCUT2D eigenvalue weighted by molar-refractivity contribution is 0.217. The van der Waals surface area contributed by atoms with E-state index in [2.05, 4.69) is 4.99 Å². The first-order valence-electron chi connectivity index (χ1n) is 7.03. The Labute approximate surface area is 124 Å². The number of furan rings is 1. The van der Waals surface area contributed by atoms with Gasteiger partial charge in [-0.2, -0.15) is 0 Å². The second kappa shape index (κ2) is 5.04. The third kappa shape index (κ3) is 2.72. The second-order valence-corrected chi connectivity index (χ2v) is 5.97. The van der Waals surface area contributed by atoms with Crippen molar-refractivity contribution in [1.29, 1.82) is 0 Å². The topological polar surface area (TPSA) is 55.0 Å².